The summed E-state index contributed by atoms with van der Waals surface area (Å²) in [6.07, 6.45) is 3.47. The van der Waals surface area contributed by atoms with Gasteiger partial charge in [0.2, 0.25) is 5.91 Å². The Bertz CT molecular complexity index is 491. The molecule has 0 spiro atoms. The molecule has 136 valence electrons. The molecule has 0 aromatic heterocycles. The van der Waals surface area contributed by atoms with Crippen molar-refractivity contribution in [3.05, 3.63) is 0 Å². The number of hydrogen-bond donors (Lipinski definition) is 1. The smallest absolute Gasteiger partial charge is 0.311 e. The van der Waals surface area contributed by atoms with Gasteiger partial charge in [0.05, 0.1) is 5.92 Å². The number of amides is 2. The molecule has 0 aromatic carbocycles. The highest BCUT2D eigenvalue weighted by Crippen LogP contribution is 2.29. The molecule has 0 radical (unpaired) electrons. The molecule has 2 amide bonds. The Morgan fingerprint density at radius 3 is 2.62 bits per heavy atom. The van der Waals surface area contributed by atoms with E-state index in [1.165, 1.54) is 6.42 Å². The summed E-state index contributed by atoms with van der Waals surface area (Å²) in [5, 5.41) is 2.99. The fourth-order valence-corrected chi connectivity index (χ4v) is 3.68. The van der Waals surface area contributed by atoms with Gasteiger partial charge in [-0.25, -0.2) is 0 Å². The minimum absolute atomic E-state index is 0.0265. The van der Waals surface area contributed by atoms with Crippen molar-refractivity contribution in [3.8, 4) is 0 Å². The van der Waals surface area contributed by atoms with Crippen molar-refractivity contribution in [1.29, 1.82) is 0 Å². The van der Waals surface area contributed by atoms with Crippen molar-refractivity contribution >= 4 is 17.8 Å². The molecular formula is C18H30N2O4. The largest absolute Gasteiger partial charge is 0.455 e. The summed E-state index contributed by atoms with van der Waals surface area (Å²) in [5.41, 5.74) is 0. The van der Waals surface area contributed by atoms with Crippen LogP contribution in [0, 0.1) is 17.8 Å². The van der Waals surface area contributed by atoms with E-state index in [1.54, 1.807) is 4.90 Å². The SMILES string of the molecule is CC1CCCC(NC(=O)COC(=O)C2CC(=O)N(C(C)C)C2)C1C. The lowest BCUT2D eigenvalue weighted by Gasteiger charge is -2.34. The number of nitrogens with one attached hydrogen (secondary N) is 1. The predicted octanol–water partition coefficient (Wildman–Crippen LogP) is 1.73. The van der Waals surface area contributed by atoms with Gasteiger partial charge in [-0.05, 0) is 32.1 Å². The first-order valence-corrected chi connectivity index (χ1v) is 9.05. The normalized spacial score (nSPS) is 30.5. The maximum Gasteiger partial charge on any atom is 0.311 e. The average Bonchev–Trinajstić information content (AvgIpc) is 2.92. The first kappa shape index (κ1) is 18.7. The van der Waals surface area contributed by atoms with Crippen molar-refractivity contribution < 1.29 is 19.1 Å². The second-order valence-electron chi connectivity index (χ2n) is 7.59. The third-order valence-electron chi connectivity index (χ3n) is 5.51. The van der Waals surface area contributed by atoms with Gasteiger partial charge in [-0.1, -0.05) is 26.7 Å². The number of hydrogen-bond acceptors (Lipinski definition) is 4. The first-order valence-electron chi connectivity index (χ1n) is 9.05. The molecule has 6 nitrogen and oxygen atoms in total. The molecule has 0 bridgehead atoms. The molecule has 2 fully saturated rings. The van der Waals surface area contributed by atoms with Gasteiger partial charge in [-0.15, -0.1) is 0 Å². The molecule has 1 saturated heterocycles. The van der Waals surface area contributed by atoms with Crippen LogP contribution in [0.4, 0.5) is 0 Å². The topological polar surface area (TPSA) is 75.7 Å². The number of ether oxygens (including phenoxy) is 1. The summed E-state index contributed by atoms with van der Waals surface area (Å²) < 4.78 is 5.14. The van der Waals surface area contributed by atoms with Gasteiger partial charge in [0.1, 0.15) is 0 Å². The van der Waals surface area contributed by atoms with Crippen LogP contribution in [-0.2, 0) is 19.1 Å². The number of carbonyl (C=O) groups is 3. The van der Waals surface area contributed by atoms with Gasteiger partial charge >= 0.3 is 5.97 Å². The van der Waals surface area contributed by atoms with Crippen molar-refractivity contribution in [3.63, 3.8) is 0 Å². The summed E-state index contributed by atoms with van der Waals surface area (Å²) in [4.78, 5) is 37.7. The molecule has 6 heteroatoms. The van der Waals surface area contributed by atoms with Crippen molar-refractivity contribution in [1.82, 2.24) is 10.2 Å². The van der Waals surface area contributed by atoms with E-state index in [-0.39, 0.29) is 36.9 Å². The highest BCUT2D eigenvalue weighted by atomic mass is 16.5. The molecule has 2 rings (SSSR count). The summed E-state index contributed by atoms with van der Waals surface area (Å²) in [5.74, 6) is -0.155. The van der Waals surface area contributed by atoms with E-state index < -0.39 is 11.9 Å². The number of esters is 1. The van der Waals surface area contributed by atoms with E-state index in [9.17, 15) is 14.4 Å². The Balaban J connectivity index is 1.76. The Morgan fingerprint density at radius 1 is 1.29 bits per heavy atom. The summed E-state index contributed by atoms with van der Waals surface area (Å²) in [7, 11) is 0. The molecule has 4 atom stereocenters. The number of likely N-dealkylation sites (tertiary alicyclic amines) is 1. The Labute approximate surface area is 144 Å². The van der Waals surface area contributed by atoms with Crippen LogP contribution in [0.1, 0.15) is 53.4 Å². The lowest BCUT2D eigenvalue weighted by atomic mass is 9.78. The van der Waals surface area contributed by atoms with Crippen LogP contribution in [0.5, 0.6) is 0 Å². The van der Waals surface area contributed by atoms with Gasteiger partial charge in [-0.2, -0.15) is 0 Å². The lowest BCUT2D eigenvalue weighted by Crippen LogP contribution is -2.45. The summed E-state index contributed by atoms with van der Waals surface area (Å²) >= 11 is 0. The highest BCUT2D eigenvalue weighted by molar-refractivity contribution is 5.88. The Morgan fingerprint density at radius 2 is 2.00 bits per heavy atom. The summed E-state index contributed by atoms with van der Waals surface area (Å²) in [6, 6.07) is 0.234. The third kappa shape index (κ3) is 4.48. The van der Waals surface area contributed by atoms with Crippen molar-refractivity contribution in [2.45, 2.75) is 65.5 Å². The molecule has 1 aliphatic carbocycles. The van der Waals surface area contributed by atoms with Crippen LogP contribution < -0.4 is 5.32 Å². The quantitative estimate of drug-likeness (QED) is 0.775. The minimum atomic E-state index is -0.457. The van der Waals surface area contributed by atoms with E-state index in [1.807, 2.05) is 13.8 Å². The van der Waals surface area contributed by atoms with Gasteiger partial charge in [0.25, 0.3) is 5.91 Å². The molecule has 0 aromatic rings. The van der Waals surface area contributed by atoms with Gasteiger partial charge in [-0.3, -0.25) is 14.4 Å². The average molecular weight is 338 g/mol. The zero-order valence-electron chi connectivity index (χ0n) is 15.2. The Hall–Kier alpha value is -1.59. The second kappa shape index (κ2) is 7.99. The van der Waals surface area contributed by atoms with Crippen LogP contribution in [0.3, 0.4) is 0 Å². The second-order valence-corrected chi connectivity index (χ2v) is 7.59. The predicted molar refractivity (Wildman–Crippen MR) is 90.0 cm³/mol. The van der Waals surface area contributed by atoms with Crippen molar-refractivity contribution in [2.75, 3.05) is 13.2 Å². The van der Waals surface area contributed by atoms with Gasteiger partial charge < -0.3 is 15.0 Å². The van der Waals surface area contributed by atoms with E-state index in [2.05, 4.69) is 19.2 Å². The van der Waals surface area contributed by atoms with Crippen LogP contribution >= 0.6 is 0 Å². The van der Waals surface area contributed by atoms with Crippen LogP contribution in [0.25, 0.3) is 0 Å². The van der Waals surface area contributed by atoms with Gasteiger partial charge in [0.15, 0.2) is 6.61 Å². The standard InChI is InChI=1S/C18H30N2O4/c1-11(2)20-9-14(8-17(20)22)18(23)24-10-16(21)19-15-7-5-6-12(3)13(15)4/h11-15H,5-10H2,1-4H3,(H,19,21). The monoisotopic (exact) mass is 338 g/mol. The van der Waals surface area contributed by atoms with Crippen LogP contribution in [0.15, 0.2) is 0 Å². The van der Waals surface area contributed by atoms with Crippen molar-refractivity contribution in [2.24, 2.45) is 17.8 Å². The third-order valence-corrected chi connectivity index (χ3v) is 5.51. The molecule has 2 aliphatic rings. The van der Waals surface area contributed by atoms with E-state index >= 15 is 0 Å². The molecule has 1 aliphatic heterocycles. The van der Waals surface area contributed by atoms with E-state index in [4.69, 9.17) is 4.74 Å². The van der Waals surface area contributed by atoms with Gasteiger partial charge in [0, 0.05) is 25.0 Å². The molecule has 1 saturated carbocycles. The maximum absolute atomic E-state index is 12.1. The molecular weight excluding hydrogens is 308 g/mol. The number of nitrogens with zero attached hydrogens (tertiary/aromatic N) is 1. The molecule has 4 unspecified atom stereocenters. The van der Waals surface area contributed by atoms with E-state index in [0.29, 0.717) is 18.4 Å². The summed E-state index contributed by atoms with van der Waals surface area (Å²) in [6.45, 7) is 8.33. The fourth-order valence-electron chi connectivity index (χ4n) is 3.68. The zero-order chi connectivity index (χ0) is 17.9. The molecule has 24 heavy (non-hydrogen) atoms. The fraction of sp³-hybridized carbons (Fsp3) is 0.833. The Kier molecular flexibility index (Phi) is 6.24. The lowest BCUT2D eigenvalue weighted by molar-refractivity contribution is -0.152. The highest BCUT2D eigenvalue weighted by Gasteiger charge is 2.36. The number of carbonyl (C=O) groups excluding carboxylic acids is 3. The molecule has 1 heterocycles. The van der Waals surface area contributed by atoms with Crippen LogP contribution in [-0.4, -0.2) is 47.9 Å². The minimum Gasteiger partial charge on any atom is -0.455 e. The molecule has 1 N–H and O–H groups in total. The maximum atomic E-state index is 12.1. The zero-order valence-corrected chi connectivity index (χ0v) is 15.2. The van der Waals surface area contributed by atoms with Crippen LogP contribution in [0.2, 0.25) is 0 Å². The number of rotatable bonds is 5. The van der Waals surface area contributed by atoms with E-state index in [0.717, 1.165) is 12.8 Å². The first-order chi connectivity index (χ1) is 11.3.